The van der Waals surface area contributed by atoms with Crippen LogP contribution in [0.25, 0.3) is 0 Å². The van der Waals surface area contributed by atoms with E-state index in [4.69, 9.17) is 4.74 Å². The van der Waals surface area contributed by atoms with E-state index in [1.807, 2.05) is 6.92 Å². The summed E-state index contributed by atoms with van der Waals surface area (Å²) in [7, 11) is 0. The van der Waals surface area contributed by atoms with Crippen LogP contribution in [0.3, 0.4) is 0 Å². The van der Waals surface area contributed by atoms with Gasteiger partial charge in [0.15, 0.2) is 0 Å². The summed E-state index contributed by atoms with van der Waals surface area (Å²) >= 11 is 0. The van der Waals surface area contributed by atoms with Crippen LogP contribution >= 0.6 is 0 Å². The fourth-order valence-corrected chi connectivity index (χ4v) is 1.42. The zero-order valence-corrected chi connectivity index (χ0v) is 12.9. The van der Waals surface area contributed by atoms with Crippen molar-refractivity contribution in [3.63, 3.8) is 0 Å². The Balaban J connectivity index is 2.63. The van der Waals surface area contributed by atoms with Gasteiger partial charge in [0.25, 0.3) is 0 Å². The summed E-state index contributed by atoms with van der Waals surface area (Å²) in [5, 5.41) is 8.84. The maximum absolute atomic E-state index is 10.8. The number of nitrogens with one attached hydrogen (secondary N) is 3. The van der Waals surface area contributed by atoms with E-state index >= 15 is 0 Å². The minimum atomic E-state index is -0.0651. The van der Waals surface area contributed by atoms with Crippen molar-refractivity contribution in [2.24, 2.45) is 0 Å². The van der Waals surface area contributed by atoms with Crippen LogP contribution in [0.15, 0.2) is 0 Å². The number of anilines is 2. The van der Waals surface area contributed by atoms with Crippen molar-refractivity contribution < 1.29 is 9.53 Å². The lowest BCUT2D eigenvalue weighted by atomic mass is 10.5. The first kappa shape index (κ1) is 16.9. The molecule has 0 spiro atoms. The van der Waals surface area contributed by atoms with Gasteiger partial charge in [0, 0.05) is 26.6 Å². The molecule has 0 atom stereocenters. The number of ether oxygens (including phenoxy) is 1. The normalized spacial score (nSPS) is 10.0. The molecule has 0 unspecified atom stereocenters. The summed E-state index contributed by atoms with van der Waals surface area (Å²) in [5.41, 5.74) is 0. The van der Waals surface area contributed by atoms with Gasteiger partial charge in [0.2, 0.25) is 17.8 Å². The van der Waals surface area contributed by atoms with E-state index in [1.54, 1.807) is 0 Å². The van der Waals surface area contributed by atoms with Crippen molar-refractivity contribution in [1.82, 2.24) is 20.3 Å². The molecule has 118 valence electrons. The highest BCUT2D eigenvalue weighted by atomic mass is 16.5. The quantitative estimate of drug-likeness (QED) is 0.554. The molecular formula is C13H24N6O2. The van der Waals surface area contributed by atoms with Gasteiger partial charge in [-0.25, -0.2) is 0 Å². The second-order valence-corrected chi connectivity index (χ2v) is 4.45. The molecule has 8 nitrogen and oxygen atoms in total. The third-order valence-electron chi connectivity index (χ3n) is 2.37. The topological polar surface area (TPSA) is 101 Å². The Morgan fingerprint density at radius 3 is 2.24 bits per heavy atom. The van der Waals surface area contributed by atoms with Gasteiger partial charge in [-0.05, 0) is 12.8 Å². The van der Waals surface area contributed by atoms with Crippen molar-refractivity contribution >= 4 is 17.8 Å². The Kier molecular flexibility index (Phi) is 7.85. The van der Waals surface area contributed by atoms with Crippen LogP contribution in [0.2, 0.25) is 0 Å². The van der Waals surface area contributed by atoms with E-state index in [2.05, 4.69) is 37.8 Å². The Morgan fingerprint density at radius 2 is 1.67 bits per heavy atom. The second-order valence-electron chi connectivity index (χ2n) is 4.45. The summed E-state index contributed by atoms with van der Waals surface area (Å²) in [6.07, 6.45) is 1.86. The fourth-order valence-electron chi connectivity index (χ4n) is 1.42. The molecule has 0 aromatic carbocycles. The van der Waals surface area contributed by atoms with Crippen LogP contribution in [-0.2, 0) is 4.79 Å². The summed E-state index contributed by atoms with van der Waals surface area (Å²) < 4.78 is 5.45. The number of nitrogens with zero attached hydrogens (tertiary/aromatic N) is 3. The largest absolute Gasteiger partial charge is 0.463 e. The van der Waals surface area contributed by atoms with Crippen LogP contribution in [0.4, 0.5) is 11.9 Å². The predicted octanol–water partition coefficient (Wildman–Crippen LogP) is 1.03. The first-order valence-electron chi connectivity index (χ1n) is 7.26. The van der Waals surface area contributed by atoms with Gasteiger partial charge in [-0.2, -0.15) is 15.0 Å². The highest BCUT2D eigenvalue weighted by Gasteiger charge is 2.07. The number of aromatic nitrogens is 3. The summed E-state index contributed by atoms with van der Waals surface area (Å²) in [6, 6.07) is 0.299. The molecule has 0 bridgehead atoms. The van der Waals surface area contributed by atoms with Crippen LogP contribution in [0.5, 0.6) is 6.01 Å². The average molecular weight is 296 g/mol. The molecule has 8 heteroatoms. The van der Waals surface area contributed by atoms with Crippen LogP contribution in [0, 0.1) is 0 Å². The van der Waals surface area contributed by atoms with Crippen molar-refractivity contribution in [1.29, 1.82) is 0 Å². The van der Waals surface area contributed by atoms with Crippen molar-refractivity contribution in [3.8, 4) is 6.01 Å². The van der Waals surface area contributed by atoms with Gasteiger partial charge in [-0.15, -0.1) is 0 Å². The van der Waals surface area contributed by atoms with Gasteiger partial charge < -0.3 is 20.7 Å². The third kappa shape index (κ3) is 7.28. The highest BCUT2D eigenvalue weighted by Crippen LogP contribution is 2.11. The fraction of sp³-hybridized carbons (Fsp3) is 0.692. The number of carbonyl (C=O) groups excluding carboxylic acids is 1. The highest BCUT2D eigenvalue weighted by molar-refractivity contribution is 5.72. The first-order chi connectivity index (χ1) is 10.2. The average Bonchev–Trinajstić information content (AvgIpc) is 2.47. The molecule has 1 aromatic rings. The molecule has 3 N–H and O–H groups in total. The molecule has 1 aromatic heterocycles. The van der Waals surface area contributed by atoms with Crippen molar-refractivity contribution in [2.45, 2.75) is 33.6 Å². The van der Waals surface area contributed by atoms with E-state index < -0.39 is 0 Å². The minimum Gasteiger partial charge on any atom is -0.463 e. The molecule has 0 fully saturated rings. The number of amides is 1. The van der Waals surface area contributed by atoms with E-state index in [-0.39, 0.29) is 5.91 Å². The smallest absolute Gasteiger partial charge is 0.323 e. The number of rotatable bonds is 10. The molecule has 1 amide bonds. The molecule has 1 rings (SSSR count). The molecule has 0 aliphatic carbocycles. The zero-order valence-electron chi connectivity index (χ0n) is 12.9. The maximum atomic E-state index is 10.8. The zero-order chi connectivity index (χ0) is 15.5. The Hall–Kier alpha value is -2.12. The Bertz CT molecular complexity index is 414. The van der Waals surface area contributed by atoms with Gasteiger partial charge in [-0.1, -0.05) is 13.8 Å². The number of carbonyl (C=O) groups is 1. The Labute approximate surface area is 125 Å². The van der Waals surface area contributed by atoms with Crippen LogP contribution in [-0.4, -0.2) is 47.1 Å². The minimum absolute atomic E-state index is 0.0651. The molecule has 0 saturated carbocycles. The molecule has 0 saturated heterocycles. The third-order valence-corrected chi connectivity index (χ3v) is 2.37. The molecule has 0 aliphatic rings. The maximum Gasteiger partial charge on any atom is 0.323 e. The molecule has 0 radical (unpaired) electrons. The lowest BCUT2D eigenvalue weighted by Crippen LogP contribution is -2.26. The predicted molar refractivity (Wildman–Crippen MR) is 81.6 cm³/mol. The van der Waals surface area contributed by atoms with Gasteiger partial charge >= 0.3 is 6.01 Å². The van der Waals surface area contributed by atoms with Gasteiger partial charge in [0.1, 0.15) is 0 Å². The number of hydrogen-bond acceptors (Lipinski definition) is 7. The lowest BCUT2D eigenvalue weighted by Gasteiger charge is -2.10. The van der Waals surface area contributed by atoms with Gasteiger partial charge in [-0.3, -0.25) is 4.79 Å². The SMILES string of the molecule is CCCNc1nc(NCCNC(C)=O)nc(OCCC)n1. The standard InChI is InChI=1S/C13H24N6O2/c1-4-6-15-11-17-12(16-8-7-14-10(3)20)19-13(18-11)21-9-5-2/h4-9H2,1-3H3,(H,14,20)(H2,15,16,17,18,19). The van der Waals surface area contributed by atoms with E-state index in [1.165, 1.54) is 6.92 Å². The summed E-state index contributed by atoms with van der Waals surface area (Å²) in [4.78, 5) is 23.4. The molecular weight excluding hydrogens is 272 g/mol. The van der Waals surface area contributed by atoms with E-state index in [9.17, 15) is 4.79 Å². The monoisotopic (exact) mass is 296 g/mol. The summed E-state index contributed by atoms with van der Waals surface area (Å²) in [6.45, 7) is 7.94. The van der Waals surface area contributed by atoms with Crippen molar-refractivity contribution in [2.75, 3.05) is 36.9 Å². The lowest BCUT2D eigenvalue weighted by molar-refractivity contribution is -0.118. The number of hydrogen-bond donors (Lipinski definition) is 3. The van der Waals surface area contributed by atoms with Crippen molar-refractivity contribution in [3.05, 3.63) is 0 Å². The molecule has 0 aliphatic heterocycles. The second kappa shape index (κ2) is 9.73. The Morgan fingerprint density at radius 1 is 1.00 bits per heavy atom. The van der Waals surface area contributed by atoms with Crippen LogP contribution in [0.1, 0.15) is 33.6 Å². The van der Waals surface area contributed by atoms with E-state index in [0.717, 1.165) is 19.4 Å². The van der Waals surface area contributed by atoms with Crippen LogP contribution < -0.4 is 20.7 Å². The summed E-state index contributed by atoms with van der Waals surface area (Å²) in [5.74, 6) is 0.852. The molecule has 1 heterocycles. The molecule has 21 heavy (non-hydrogen) atoms. The first-order valence-corrected chi connectivity index (χ1v) is 7.26. The van der Waals surface area contributed by atoms with Gasteiger partial charge in [0.05, 0.1) is 6.61 Å². The van der Waals surface area contributed by atoms with E-state index in [0.29, 0.717) is 37.6 Å².